The lowest BCUT2D eigenvalue weighted by molar-refractivity contribution is 0.0931. The summed E-state index contributed by atoms with van der Waals surface area (Å²) < 4.78 is 2.09. The van der Waals surface area contributed by atoms with Gasteiger partial charge in [0.2, 0.25) is 0 Å². The molecule has 3 aromatic heterocycles. The molecular formula is C16H16N6OS. The van der Waals surface area contributed by atoms with Crippen LogP contribution >= 0.6 is 11.3 Å². The van der Waals surface area contributed by atoms with Gasteiger partial charge in [0.25, 0.3) is 5.91 Å². The van der Waals surface area contributed by atoms with Gasteiger partial charge in [-0.3, -0.25) is 4.79 Å². The van der Waals surface area contributed by atoms with Crippen LogP contribution in [0, 0.1) is 6.92 Å². The Hall–Kier alpha value is -2.61. The molecule has 0 saturated carbocycles. The lowest BCUT2D eigenvalue weighted by atomic mass is 10.1. The molecule has 4 rings (SSSR count). The van der Waals surface area contributed by atoms with Crippen LogP contribution in [-0.4, -0.2) is 36.5 Å². The number of rotatable bonds is 3. The van der Waals surface area contributed by atoms with Crippen LogP contribution in [-0.2, 0) is 13.0 Å². The third kappa shape index (κ3) is 2.80. The number of amides is 1. The lowest BCUT2D eigenvalue weighted by Crippen LogP contribution is -2.40. The van der Waals surface area contributed by atoms with Crippen molar-refractivity contribution >= 4 is 17.2 Å². The van der Waals surface area contributed by atoms with Crippen molar-refractivity contribution in [1.82, 2.24) is 29.8 Å². The molecule has 1 amide bonds. The van der Waals surface area contributed by atoms with Crippen molar-refractivity contribution in [3.8, 4) is 10.8 Å². The predicted octanol–water partition coefficient (Wildman–Crippen LogP) is 1.85. The summed E-state index contributed by atoms with van der Waals surface area (Å²) in [4.78, 5) is 30.4. The van der Waals surface area contributed by atoms with E-state index in [1.54, 1.807) is 24.7 Å². The number of carbonyl (C=O) groups is 1. The second-order valence-electron chi connectivity index (χ2n) is 5.71. The molecule has 0 aromatic carbocycles. The molecule has 0 bridgehead atoms. The molecule has 1 N–H and O–H groups in total. The van der Waals surface area contributed by atoms with E-state index in [1.165, 1.54) is 11.3 Å². The summed E-state index contributed by atoms with van der Waals surface area (Å²) in [5, 5.41) is 3.78. The standard InChI is InChI=1S/C16H16N6OS/c1-10-13(24-16(20-10)14-18-5-2-6-19-14)15(23)21-11-3-4-12-17-7-8-22(12)9-11/h2,5-8,11H,3-4,9H2,1H3,(H,21,23)/t11-/m0/s1. The summed E-state index contributed by atoms with van der Waals surface area (Å²) >= 11 is 1.33. The number of fused-ring (bicyclic) bond motifs is 1. The van der Waals surface area contributed by atoms with Gasteiger partial charge in [0.1, 0.15) is 10.7 Å². The zero-order valence-corrected chi connectivity index (χ0v) is 14.0. The predicted molar refractivity (Wildman–Crippen MR) is 89.7 cm³/mol. The van der Waals surface area contributed by atoms with Crippen LogP contribution in [0.25, 0.3) is 10.8 Å². The van der Waals surface area contributed by atoms with Crippen molar-refractivity contribution in [2.45, 2.75) is 32.4 Å². The molecule has 0 fully saturated rings. The van der Waals surface area contributed by atoms with Gasteiger partial charge in [-0.05, 0) is 19.4 Å². The fraction of sp³-hybridized carbons (Fsp3) is 0.312. The molecule has 4 heterocycles. The second kappa shape index (κ2) is 6.12. The SMILES string of the molecule is Cc1nc(-c2ncccn2)sc1C(=O)N[C@H]1CCc2nccn2C1. The van der Waals surface area contributed by atoms with E-state index in [2.05, 4.69) is 29.8 Å². The highest BCUT2D eigenvalue weighted by molar-refractivity contribution is 7.17. The Morgan fingerprint density at radius 1 is 1.29 bits per heavy atom. The Kier molecular flexibility index (Phi) is 3.81. The first-order valence-corrected chi connectivity index (χ1v) is 8.58. The van der Waals surface area contributed by atoms with Crippen LogP contribution in [0.4, 0.5) is 0 Å². The van der Waals surface area contributed by atoms with E-state index in [0.29, 0.717) is 21.4 Å². The van der Waals surface area contributed by atoms with E-state index in [1.807, 2.05) is 13.1 Å². The average molecular weight is 340 g/mol. The highest BCUT2D eigenvalue weighted by atomic mass is 32.1. The molecule has 8 heteroatoms. The van der Waals surface area contributed by atoms with Gasteiger partial charge in [-0.2, -0.15) is 0 Å². The molecule has 1 aliphatic heterocycles. The van der Waals surface area contributed by atoms with Crippen LogP contribution in [0.3, 0.4) is 0 Å². The van der Waals surface area contributed by atoms with Crippen molar-refractivity contribution in [3.05, 3.63) is 47.2 Å². The van der Waals surface area contributed by atoms with Crippen molar-refractivity contribution in [2.24, 2.45) is 0 Å². The molecule has 0 aliphatic carbocycles. The third-order valence-corrected chi connectivity index (χ3v) is 5.18. The molecule has 0 unspecified atom stereocenters. The molecule has 3 aromatic rings. The van der Waals surface area contributed by atoms with E-state index < -0.39 is 0 Å². The van der Waals surface area contributed by atoms with Crippen LogP contribution in [0.1, 0.15) is 27.6 Å². The summed E-state index contributed by atoms with van der Waals surface area (Å²) in [6, 6.07) is 1.86. The maximum atomic E-state index is 12.6. The number of thiazole rings is 1. The Morgan fingerprint density at radius 3 is 2.96 bits per heavy atom. The van der Waals surface area contributed by atoms with E-state index >= 15 is 0 Å². The van der Waals surface area contributed by atoms with Crippen LogP contribution in [0.2, 0.25) is 0 Å². The lowest BCUT2D eigenvalue weighted by Gasteiger charge is -2.24. The molecule has 0 saturated heterocycles. The Morgan fingerprint density at radius 2 is 2.12 bits per heavy atom. The highest BCUT2D eigenvalue weighted by Gasteiger charge is 2.23. The molecule has 1 aliphatic rings. The summed E-state index contributed by atoms with van der Waals surface area (Å²) in [7, 11) is 0. The van der Waals surface area contributed by atoms with Gasteiger partial charge < -0.3 is 9.88 Å². The Labute approximate surface area is 142 Å². The quantitative estimate of drug-likeness (QED) is 0.786. The number of imidazole rings is 1. The molecule has 122 valence electrons. The highest BCUT2D eigenvalue weighted by Crippen LogP contribution is 2.25. The first-order chi connectivity index (χ1) is 11.7. The second-order valence-corrected chi connectivity index (χ2v) is 6.71. The van der Waals surface area contributed by atoms with Gasteiger partial charge >= 0.3 is 0 Å². The van der Waals surface area contributed by atoms with Gasteiger partial charge in [-0.15, -0.1) is 11.3 Å². The Bertz CT molecular complexity index is 872. The number of aryl methyl sites for hydroxylation is 2. The van der Waals surface area contributed by atoms with Crippen LogP contribution in [0.5, 0.6) is 0 Å². The first-order valence-electron chi connectivity index (χ1n) is 7.76. The van der Waals surface area contributed by atoms with Gasteiger partial charge in [-0.1, -0.05) is 0 Å². The smallest absolute Gasteiger partial charge is 0.263 e. The number of aromatic nitrogens is 5. The van der Waals surface area contributed by atoms with E-state index in [9.17, 15) is 4.79 Å². The van der Waals surface area contributed by atoms with Crippen molar-refractivity contribution in [1.29, 1.82) is 0 Å². The fourth-order valence-corrected chi connectivity index (χ4v) is 3.77. The van der Waals surface area contributed by atoms with Crippen molar-refractivity contribution < 1.29 is 4.79 Å². The van der Waals surface area contributed by atoms with Gasteiger partial charge in [0.15, 0.2) is 10.8 Å². The first kappa shape index (κ1) is 14.9. The largest absolute Gasteiger partial charge is 0.347 e. The van der Waals surface area contributed by atoms with E-state index in [4.69, 9.17) is 0 Å². The maximum Gasteiger partial charge on any atom is 0.263 e. The minimum Gasteiger partial charge on any atom is -0.347 e. The van der Waals surface area contributed by atoms with Crippen molar-refractivity contribution in [3.63, 3.8) is 0 Å². The summed E-state index contributed by atoms with van der Waals surface area (Å²) in [6.07, 6.45) is 8.88. The third-order valence-electron chi connectivity index (χ3n) is 4.03. The topological polar surface area (TPSA) is 85.6 Å². The zero-order valence-electron chi connectivity index (χ0n) is 13.1. The average Bonchev–Trinajstić information content (AvgIpc) is 3.21. The number of carbonyl (C=O) groups excluding carboxylic acids is 1. The number of hydrogen-bond acceptors (Lipinski definition) is 6. The minimum absolute atomic E-state index is 0.0826. The molecule has 7 nitrogen and oxygen atoms in total. The number of nitrogens with one attached hydrogen (secondary N) is 1. The zero-order chi connectivity index (χ0) is 16.5. The van der Waals surface area contributed by atoms with Crippen LogP contribution < -0.4 is 5.32 Å². The van der Waals surface area contributed by atoms with Crippen molar-refractivity contribution in [2.75, 3.05) is 0 Å². The molecular weight excluding hydrogens is 324 g/mol. The van der Waals surface area contributed by atoms with Gasteiger partial charge in [0.05, 0.1) is 5.69 Å². The Balaban J connectivity index is 1.50. The normalized spacial score (nSPS) is 16.6. The van der Waals surface area contributed by atoms with Gasteiger partial charge in [0, 0.05) is 43.8 Å². The number of hydrogen-bond donors (Lipinski definition) is 1. The monoisotopic (exact) mass is 340 g/mol. The van der Waals surface area contributed by atoms with Crippen LogP contribution in [0.15, 0.2) is 30.9 Å². The molecule has 0 radical (unpaired) electrons. The summed E-state index contributed by atoms with van der Waals surface area (Å²) in [6.45, 7) is 2.60. The van der Waals surface area contributed by atoms with E-state index in [0.717, 1.165) is 25.2 Å². The maximum absolute atomic E-state index is 12.6. The fourth-order valence-electron chi connectivity index (χ4n) is 2.85. The molecule has 24 heavy (non-hydrogen) atoms. The number of nitrogens with zero attached hydrogens (tertiary/aromatic N) is 5. The van der Waals surface area contributed by atoms with E-state index in [-0.39, 0.29) is 11.9 Å². The summed E-state index contributed by atoms with van der Waals surface area (Å²) in [5.41, 5.74) is 0.707. The minimum atomic E-state index is -0.0826. The summed E-state index contributed by atoms with van der Waals surface area (Å²) in [5.74, 6) is 1.55. The molecule has 0 spiro atoms. The molecule has 1 atom stereocenters. The van der Waals surface area contributed by atoms with Gasteiger partial charge in [-0.25, -0.2) is 19.9 Å².